The second-order valence-corrected chi connectivity index (χ2v) is 7.31. The maximum Gasteiger partial charge on any atom is 0.460 e. The average molecular weight is 626 g/mol. The molecular formula is C14H2F24. The first-order chi connectivity index (χ1) is 16.0. The molecular weight excluding hydrogens is 624 g/mol. The minimum Gasteiger partial charge on any atom is -0.194 e. The molecule has 0 aliphatic heterocycles. The highest BCUT2D eigenvalue weighted by molar-refractivity contribution is 5.47. The molecule has 0 aromatic carbocycles. The van der Waals surface area contributed by atoms with Crippen molar-refractivity contribution in [2.75, 3.05) is 0 Å². The third kappa shape index (κ3) is 4.39. The van der Waals surface area contributed by atoms with E-state index >= 15 is 0 Å². The molecule has 0 saturated carbocycles. The van der Waals surface area contributed by atoms with Gasteiger partial charge in [-0.2, -0.15) is 105 Å². The number of halogens is 24. The van der Waals surface area contributed by atoms with Gasteiger partial charge in [0, 0.05) is 11.1 Å². The number of rotatable bonds is 6. The fraction of sp³-hybridized carbons (Fsp3) is 0.857. The quantitative estimate of drug-likeness (QED) is 0.205. The molecule has 2 atom stereocenters. The van der Waals surface area contributed by atoms with Crippen LogP contribution in [0.3, 0.4) is 0 Å². The molecule has 226 valence electrons. The largest absolute Gasteiger partial charge is 0.460 e. The van der Waals surface area contributed by atoms with Gasteiger partial charge in [0.1, 0.15) is 0 Å². The first-order valence-electron chi connectivity index (χ1n) is 8.27. The van der Waals surface area contributed by atoms with Crippen molar-refractivity contribution < 1.29 is 105 Å². The van der Waals surface area contributed by atoms with Crippen LogP contribution in [-0.2, 0) is 0 Å². The van der Waals surface area contributed by atoms with Gasteiger partial charge in [0.25, 0.3) is 0 Å². The normalized spacial score (nSPS) is 22.1. The lowest BCUT2D eigenvalue weighted by Gasteiger charge is -2.50. The van der Waals surface area contributed by atoms with E-state index in [1.807, 2.05) is 0 Å². The second-order valence-electron chi connectivity index (χ2n) is 7.31. The van der Waals surface area contributed by atoms with Crippen LogP contribution in [0.1, 0.15) is 0 Å². The zero-order valence-corrected chi connectivity index (χ0v) is 16.2. The third-order valence-corrected chi connectivity index (χ3v) is 4.92. The zero-order valence-electron chi connectivity index (χ0n) is 16.2. The lowest BCUT2D eigenvalue weighted by molar-refractivity contribution is -0.401. The van der Waals surface area contributed by atoms with Crippen molar-refractivity contribution in [2.24, 2.45) is 11.8 Å². The molecule has 0 nitrogen and oxygen atoms in total. The van der Waals surface area contributed by atoms with E-state index in [1.165, 1.54) is 0 Å². The van der Waals surface area contributed by atoms with Crippen molar-refractivity contribution in [1.82, 2.24) is 0 Å². The standard InChI is InChI=1S/C14H2F24/c15-5(16,9(25,26)11(29,30)13(33,34)35)1-2(4(8(22,23)24)3(1)7(19,20)21)6(17,18)10(27,28)12(31,32)14(36,37)38/h3-4H. The summed E-state index contributed by atoms with van der Waals surface area (Å²) in [5.74, 6) is -62.1. The van der Waals surface area contributed by atoms with Gasteiger partial charge in [-0.3, -0.25) is 0 Å². The monoisotopic (exact) mass is 626 g/mol. The van der Waals surface area contributed by atoms with E-state index < -0.39 is 83.2 Å². The van der Waals surface area contributed by atoms with Crippen molar-refractivity contribution in [3.8, 4) is 0 Å². The Morgan fingerprint density at radius 2 is 0.474 bits per heavy atom. The molecule has 1 aliphatic rings. The maximum absolute atomic E-state index is 14.1. The molecule has 24 heteroatoms. The summed E-state index contributed by atoms with van der Waals surface area (Å²) in [6.45, 7) is 0. The SMILES string of the molecule is FC(F)(F)C1C(C(F)(F)C(F)(F)C(F)(F)C(F)(F)F)=C(C(F)(F)C(F)(F)C(F)(F)C(F)(F)F)C1C(F)(F)F. The first-order valence-corrected chi connectivity index (χ1v) is 8.27. The Hall–Kier alpha value is -1.94. The molecule has 0 aromatic heterocycles. The highest BCUT2D eigenvalue weighted by Crippen LogP contribution is 2.70. The van der Waals surface area contributed by atoms with E-state index in [0.717, 1.165) is 0 Å². The summed E-state index contributed by atoms with van der Waals surface area (Å²) in [4.78, 5) is 0. The molecule has 1 aliphatic carbocycles. The van der Waals surface area contributed by atoms with Crippen LogP contribution in [0.2, 0.25) is 0 Å². The van der Waals surface area contributed by atoms with Crippen LogP contribution in [0.5, 0.6) is 0 Å². The van der Waals surface area contributed by atoms with Crippen LogP contribution >= 0.6 is 0 Å². The van der Waals surface area contributed by atoms with Gasteiger partial charge < -0.3 is 0 Å². The number of hydrogen-bond donors (Lipinski definition) is 0. The van der Waals surface area contributed by atoms with Gasteiger partial charge in [-0.05, 0) is 0 Å². The molecule has 0 amide bonds. The lowest BCUT2D eigenvalue weighted by atomic mass is 9.60. The summed E-state index contributed by atoms with van der Waals surface area (Å²) in [5.41, 5.74) is -10.1. The van der Waals surface area contributed by atoms with Gasteiger partial charge in [0.05, 0.1) is 11.8 Å². The van der Waals surface area contributed by atoms with Crippen LogP contribution in [0, 0.1) is 11.8 Å². The third-order valence-electron chi connectivity index (χ3n) is 4.92. The van der Waals surface area contributed by atoms with E-state index in [0.29, 0.717) is 0 Å². The molecule has 0 spiro atoms. The average Bonchev–Trinajstić information content (AvgIpc) is 2.54. The number of hydrogen-bond acceptors (Lipinski definition) is 0. The molecule has 38 heavy (non-hydrogen) atoms. The van der Waals surface area contributed by atoms with Crippen LogP contribution in [0.4, 0.5) is 105 Å². The van der Waals surface area contributed by atoms with Crippen LogP contribution in [-0.4, -0.2) is 60.2 Å². The Bertz CT molecular complexity index is 855. The van der Waals surface area contributed by atoms with Crippen molar-refractivity contribution >= 4 is 0 Å². The fourth-order valence-electron chi connectivity index (χ4n) is 3.09. The number of allylic oxidation sites excluding steroid dienone is 2. The fourth-order valence-corrected chi connectivity index (χ4v) is 3.09. The predicted molar refractivity (Wildman–Crippen MR) is 67.9 cm³/mol. The van der Waals surface area contributed by atoms with E-state index in [9.17, 15) is 105 Å². The molecule has 0 heterocycles. The van der Waals surface area contributed by atoms with E-state index in [-0.39, 0.29) is 0 Å². The highest BCUT2D eigenvalue weighted by Gasteiger charge is 2.90. The van der Waals surface area contributed by atoms with Crippen LogP contribution in [0.25, 0.3) is 0 Å². The Balaban J connectivity index is 4.34. The maximum atomic E-state index is 14.1. The smallest absolute Gasteiger partial charge is 0.194 e. The molecule has 0 aromatic rings. The van der Waals surface area contributed by atoms with Crippen LogP contribution < -0.4 is 0 Å². The summed E-state index contributed by atoms with van der Waals surface area (Å²) >= 11 is 0. The van der Waals surface area contributed by atoms with E-state index in [4.69, 9.17) is 0 Å². The molecule has 2 unspecified atom stereocenters. The molecule has 0 N–H and O–H groups in total. The lowest BCUT2D eigenvalue weighted by Crippen LogP contribution is -2.69. The molecule has 0 saturated heterocycles. The Labute approximate surface area is 190 Å². The van der Waals surface area contributed by atoms with Gasteiger partial charge >= 0.3 is 60.2 Å². The van der Waals surface area contributed by atoms with Gasteiger partial charge in [-0.1, -0.05) is 0 Å². The van der Waals surface area contributed by atoms with Gasteiger partial charge in [-0.25, -0.2) is 0 Å². The van der Waals surface area contributed by atoms with Crippen molar-refractivity contribution in [1.29, 1.82) is 0 Å². The van der Waals surface area contributed by atoms with Crippen molar-refractivity contribution in [3.05, 3.63) is 11.1 Å². The summed E-state index contributed by atoms with van der Waals surface area (Å²) in [5, 5.41) is 0. The summed E-state index contributed by atoms with van der Waals surface area (Å²) in [6.07, 6.45) is -30.6. The van der Waals surface area contributed by atoms with Gasteiger partial charge in [0.2, 0.25) is 0 Å². The summed E-state index contributed by atoms with van der Waals surface area (Å²) in [7, 11) is 0. The van der Waals surface area contributed by atoms with Gasteiger partial charge in [0.15, 0.2) is 0 Å². The topological polar surface area (TPSA) is 0 Å². The highest BCUT2D eigenvalue weighted by atomic mass is 19.4. The minimum atomic E-state index is -8.56. The Morgan fingerprint density at radius 1 is 0.289 bits per heavy atom. The van der Waals surface area contributed by atoms with Crippen LogP contribution in [0.15, 0.2) is 11.1 Å². The summed E-state index contributed by atoms with van der Waals surface area (Å²) < 4.78 is 313. The second kappa shape index (κ2) is 8.29. The van der Waals surface area contributed by atoms with Gasteiger partial charge in [-0.15, -0.1) is 0 Å². The van der Waals surface area contributed by atoms with Crippen molar-refractivity contribution in [2.45, 2.75) is 60.2 Å². The zero-order chi connectivity index (χ0) is 31.3. The Morgan fingerprint density at radius 3 is 0.605 bits per heavy atom. The molecule has 0 bridgehead atoms. The Kier molecular flexibility index (Phi) is 7.43. The molecule has 1 rings (SSSR count). The summed E-state index contributed by atoms with van der Waals surface area (Å²) in [6, 6.07) is 0. The number of alkyl halides is 24. The first kappa shape index (κ1) is 34.1. The van der Waals surface area contributed by atoms with Crippen molar-refractivity contribution in [3.63, 3.8) is 0 Å². The van der Waals surface area contributed by atoms with E-state index in [2.05, 4.69) is 0 Å². The minimum absolute atomic E-state index is 5.07. The molecule has 0 radical (unpaired) electrons. The molecule has 0 fully saturated rings. The predicted octanol–water partition coefficient (Wildman–Crippen LogP) is 8.59. The van der Waals surface area contributed by atoms with E-state index in [1.54, 1.807) is 0 Å².